The van der Waals surface area contributed by atoms with Crippen molar-refractivity contribution in [3.8, 4) is 0 Å². The fraction of sp³-hybridized carbons (Fsp3) is 0.353. The zero-order valence-corrected chi connectivity index (χ0v) is 11.7. The molecule has 0 aliphatic rings. The van der Waals surface area contributed by atoms with Gasteiger partial charge in [-0.25, -0.2) is 0 Å². The van der Waals surface area contributed by atoms with Gasteiger partial charge in [0.05, 0.1) is 0 Å². The normalized spacial score (nSPS) is 12.6. The molecule has 0 fully saturated rings. The molecule has 1 aromatic carbocycles. The summed E-state index contributed by atoms with van der Waals surface area (Å²) < 4.78 is 0. The van der Waals surface area contributed by atoms with Gasteiger partial charge in [0.1, 0.15) is 0 Å². The van der Waals surface area contributed by atoms with Crippen LogP contribution in [0.3, 0.4) is 0 Å². The largest absolute Gasteiger partial charge is 0.324 e. The summed E-state index contributed by atoms with van der Waals surface area (Å²) in [6.07, 6.45) is 3.68. The number of aromatic nitrogens is 1. The molecule has 100 valence electrons. The average molecular weight is 254 g/mol. The molecule has 2 N–H and O–H groups in total. The Morgan fingerprint density at radius 2 is 1.68 bits per heavy atom. The Labute approximate surface area is 115 Å². The second-order valence-electron chi connectivity index (χ2n) is 5.29. The van der Waals surface area contributed by atoms with E-state index in [1.807, 2.05) is 18.3 Å². The van der Waals surface area contributed by atoms with Gasteiger partial charge in [0.15, 0.2) is 0 Å². The first-order valence-corrected chi connectivity index (χ1v) is 6.92. The van der Waals surface area contributed by atoms with Crippen LogP contribution in [0.25, 0.3) is 0 Å². The number of benzene rings is 1. The average Bonchev–Trinajstić information content (AvgIpc) is 2.46. The molecule has 0 saturated carbocycles. The molecule has 2 heteroatoms. The van der Waals surface area contributed by atoms with Crippen LogP contribution in [0.2, 0.25) is 0 Å². The molecule has 1 heterocycles. The molecule has 0 aliphatic carbocycles. The summed E-state index contributed by atoms with van der Waals surface area (Å²) in [5.41, 5.74) is 9.92. The van der Waals surface area contributed by atoms with Gasteiger partial charge in [-0.15, -0.1) is 0 Å². The zero-order valence-electron chi connectivity index (χ0n) is 11.7. The summed E-state index contributed by atoms with van der Waals surface area (Å²) in [6, 6.07) is 14.8. The monoisotopic (exact) mass is 254 g/mol. The number of pyridine rings is 1. The number of nitrogens with zero attached hydrogens (tertiary/aromatic N) is 1. The standard InChI is InChI=1S/C17H22N2/c1-13(2)14-6-8-15(9-7-14)17(18)11-10-16-5-3-4-12-19-16/h3-9,12-13,17H,10-11,18H2,1-2H3. The van der Waals surface area contributed by atoms with Crippen molar-refractivity contribution in [3.63, 3.8) is 0 Å². The summed E-state index contributed by atoms with van der Waals surface area (Å²) in [4.78, 5) is 4.33. The van der Waals surface area contributed by atoms with E-state index >= 15 is 0 Å². The Morgan fingerprint density at radius 3 is 2.26 bits per heavy atom. The van der Waals surface area contributed by atoms with Crippen LogP contribution in [-0.4, -0.2) is 4.98 Å². The second-order valence-corrected chi connectivity index (χ2v) is 5.29. The van der Waals surface area contributed by atoms with Gasteiger partial charge in [0.25, 0.3) is 0 Å². The van der Waals surface area contributed by atoms with Crippen molar-refractivity contribution < 1.29 is 0 Å². The van der Waals surface area contributed by atoms with Crippen molar-refractivity contribution in [2.45, 2.75) is 38.6 Å². The third kappa shape index (κ3) is 3.90. The lowest BCUT2D eigenvalue weighted by Gasteiger charge is -2.13. The quantitative estimate of drug-likeness (QED) is 0.880. The molecule has 2 aromatic rings. The smallest absolute Gasteiger partial charge is 0.0404 e. The minimum Gasteiger partial charge on any atom is -0.324 e. The molecule has 2 rings (SSSR count). The number of nitrogens with two attached hydrogens (primary N) is 1. The minimum atomic E-state index is 0.0863. The molecule has 1 unspecified atom stereocenters. The molecular weight excluding hydrogens is 232 g/mol. The van der Waals surface area contributed by atoms with E-state index in [-0.39, 0.29) is 6.04 Å². The molecule has 1 aromatic heterocycles. The van der Waals surface area contributed by atoms with Gasteiger partial charge in [-0.1, -0.05) is 44.2 Å². The summed E-state index contributed by atoms with van der Waals surface area (Å²) in [5, 5.41) is 0. The molecule has 0 amide bonds. The van der Waals surface area contributed by atoms with Crippen LogP contribution in [0.5, 0.6) is 0 Å². The van der Waals surface area contributed by atoms with Crippen molar-refractivity contribution in [2.24, 2.45) is 5.73 Å². The topological polar surface area (TPSA) is 38.9 Å². The third-order valence-corrected chi connectivity index (χ3v) is 3.47. The molecule has 1 atom stereocenters. The van der Waals surface area contributed by atoms with Gasteiger partial charge < -0.3 is 5.73 Å². The van der Waals surface area contributed by atoms with Crippen LogP contribution >= 0.6 is 0 Å². The van der Waals surface area contributed by atoms with Gasteiger partial charge in [0, 0.05) is 17.9 Å². The summed E-state index contributed by atoms with van der Waals surface area (Å²) in [5.74, 6) is 0.568. The second kappa shape index (κ2) is 6.48. The van der Waals surface area contributed by atoms with Crippen molar-refractivity contribution in [2.75, 3.05) is 0 Å². The molecule has 0 radical (unpaired) electrons. The molecule has 19 heavy (non-hydrogen) atoms. The van der Waals surface area contributed by atoms with Crippen molar-refractivity contribution in [1.82, 2.24) is 4.98 Å². The lowest BCUT2D eigenvalue weighted by molar-refractivity contribution is 0.643. The highest BCUT2D eigenvalue weighted by Gasteiger charge is 2.07. The van der Waals surface area contributed by atoms with E-state index in [0.717, 1.165) is 18.5 Å². The van der Waals surface area contributed by atoms with Crippen molar-refractivity contribution in [1.29, 1.82) is 0 Å². The Balaban J connectivity index is 1.94. The first-order valence-electron chi connectivity index (χ1n) is 6.92. The third-order valence-electron chi connectivity index (χ3n) is 3.47. The Kier molecular flexibility index (Phi) is 4.69. The fourth-order valence-corrected chi connectivity index (χ4v) is 2.14. The van der Waals surface area contributed by atoms with Gasteiger partial charge >= 0.3 is 0 Å². The Bertz CT molecular complexity index is 488. The first kappa shape index (κ1) is 13.8. The SMILES string of the molecule is CC(C)c1ccc(C(N)CCc2ccccn2)cc1. The van der Waals surface area contributed by atoms with Crippen LogP contribution in [0.1, 0.15) is 49.0 Å². The number of rotatable bonds is 5. The van der Waals surface area contributed by atoms with Crippen LogP contribution in [-0.2, 0) is 6.42 Å². The van der Waals surface area contributed by atoms with Gasteiger partial charge in [-0.05, 0) is 42.0 Å². The molecule has 2 nitrogen and oxygen atoms in total. The highest BCUT2D eigenvalue weighted by Crippen LogP contribution is 2.20. The van der Waals surface area contributed by atoms with Crippen LogP contribution in [0.15, 0.2) is 48.7 Å². The minimum absolute atomic E-state index is 0.0863. The predicted octanol–water partition coefficient (Wildman–Crippen LogP) is 3.84. The summed E-state index contributed by atoms with van der Waals surface area (Å²) in [7, 11) is 0. The van der Waals surface area contributed by atoms with Crippen LogP contribution < -0.4 is 5.73 Å². The first-order chi connectivity index (χ1) is 9.16. The van der Waals surface area contributed by atoms with Crippen LogP contribution in [0, 0.1) is 0 Å². The zero-order chi connectivity index (χ0) is 13.7. The van der Waals surface area contributed by atoms with Gasteiger partial charge in [-0.2, -0.15) is 0 Å². The van der Waals surface area contributed by atoms with E-state index in [1.165, 1.54) is 11.1 Å². The molecule has 0 saturated heterocycles. The maximum atomic E-state index is 6.24. The molecule has 0 bridgehead atoms. The van der Waals surface area contributed by atoms with E-state index in [2.05, 4.69) is 49.2 Å². The molecule has 0 spiro atoms. The van der Waals surface area contributed by atoms with Crippen molar-refractivity contribution in [3.05, 3.63) is 65.5 Å². The summed E-state index contributed by atoms with van der Waals surface area (Å²) >= 11 is 0. The van der Waals surface area contributed by atoms with E-state index < -0.39 is 0 Å². The van der Waals surface area contributed by atoms with Crippen molar-refractivity contribution >= 4 is 0 Å². The molecule has 0 aliphatic heterocycles. The van der Waals surface area contributed by atoms with Crippen LogP contribution in [0.4, 0.5) is 0 Å². The maximum absolute atomic E-state index is 6.24. The maximum Gasteiger partial charge on any atom is 0.0404 e. The predicted molar refractivity (Wildman–Crippen MR) is 80.0 cm³/mol. The fourth-order valence-electron chi connectivity index (χ4n) is 2.14. The van der Waals surface area contributed by atoms with E-state index in [0.29, 0.717) is 5.92 Å². The number of aryl methyl sites for hydroxylation is 1. The Morgan fingerprint density at radius 1 is 1.00 bits per heavy atom. The number of hydrogen-bond acceptors (Lipinski definition) is 2. The highest BCUT2D eigenvalue weighted by molar-refractivity contribution is 5.26. The van der Waals surface area contributed by atoms with Gasteiger partial charge in [-0.3, -0.25) is 4.98 Å². The van der Waals surface area contributed by atoms with E-state index in [4.69, 9.17) is 5.73 Å². The van der Waals surface area contributed by atoms with E-state index in [1.54, 1.807) is 0 Å². The summed E-state index contributed by atoms with van der Waals surface area (Å²) in [6.45, 7) is 4.41. The highest BCUT2D eigenvalue weighted by atomic mass is 14.7. The van der Waals surface area contributed by atoms with E-state index in [9.17, 15) is 0 Å². The molecular formula is C17H22N2. The van der Waals surface area contributed by atoms with Gasteiger partial charge in [0.2, 0.25) is 0 Å². The lowest BCUT2D eigenvalue weighted by atomic mass is 9.97. The number of hydrogen-bond donors (Lipinski definition) is 1. The Hall–Kier alpha value is -1.67. The lowest BCUT2D eigenvalue weighted by Crippen LogP contribution is -2.11.